The normalized spacial score (nSPS) is 11.2. The summed E-state index contributed by atoms with van der Waals surface area (Å²) in [6, 6.07) is 27.4. The highest BCUT2D eigenvalue weighted by Crippen LogP contribution is 2.35. The fraction of sp³-hybridized carbons (Fsp3) is 0.0714. The van der Waals surface area contributed by atoms with Crippen LogP contribution in [0.3, 0.4) is 0 Å². The van der Waals surface area contributed by atoms with Gasteiger partial charge in [0.2, 0.25) is 0 Å². The number of rotatable bonds is 6. The Labute approximate surface area is 215 Å². The number of aryl methyl sites for hydroxylation is 1. The predicted octanol–water partition coefficient (Wildman–Crippen LogP) is 7.80. The van der Waals surface area contributed by atoms with Crippen molar-refractivity contribution in [3.63, 3.8) is 0 Å². The van der Waals surface area contributed by atoms with Gasteiger partial charge in [-0.25, -0.2) is 0 Å². The van der Waals surface area contributed by atoms with Gasteiger partial charge in [-0.3, -0.25) is 4.79 Å². The largest absolute Gasteiger partial charge is 0.487 e. The Kier molecular flexibility index (Phi) is 7.46. The van der Waals surface area contributed by atoms with E-state index in [1.165, 1.54) is 0 Å². The molecule has 4 aromatic rings. The van der Waals surface area contributed by atoms with Crippen molar-refractivity contribution in [1.29, 1.82) is 5.26 Å². The number of para-hydroxylation sites is 1. The Hall–Kier alpha value is -3.40. The van der Waals surface area contributed by atoms with Crippen LogP contribution in [0.2, 0.25) is 0 Å². The first-order valence-corrected chi connectivity index (χ1v) is 12.1. The summed E-state index contributed by atoms with van der Waals surface area (Å²) in [6.45, 7) is 2.23. The molecule has 4 aromatic carbocycles. The van der Waals surface area contributed by atoms with Gasteiger partial charge in [-0.1, -0.05) is 76.6 Å². The zero-order valence-electron chi connectivity index (χ0n) is 18.3. The topological polar surface area (TPSA) is 62.1 Å². The minimum atomic E-state index is -0.479. The number of nitrogens with zero attached hydrogens (tertiary/aromatic N) is 1. The third-order valence-electron chi connectivity index (χ3n) is 5.35. The summed E-state index contributed by atoms with van der Waals surface area (Å²) in [7, 11) is 0. The molecule has 1 amide bonds. The Morgan fingerprint density at radius 2 is 1.76 bits per heavy atom. The molecule has 34 heavy (non-hydrogen) atoms. The second kappa shape index (κ2) is 10.7. The quantitative estimate of drug-likeness (QED) is 0.188. The van der Waals surface area contributed by atoms with Crippen molar-refractivity contribution in [2.75, 3.05) is 5.32 Å². The molecule has 0 aliphatic carbocycles. The molecule has 0 bridgehead atoms. The first-order valence-electron chi connectivity index (χ1n) is 10.5. The third-order valence-corrected chi connectivity index (χ3v) is 6.39. The number of ether oxygens (including phenoxy) is 1. The number of hydrogen-bond donors (Lipinski definition) is 1. The van der Waals surface area contributed by atoms with Gasteiger partial charge in [0.1, 0.15) is 24.0 Å². The van der Waals surface area contributed by atoms with Crippen molar-refractivity contribution in [2.45, 2.75) is 13.5 Å². The Balaban J connectivity index is 1.65. The lowest BCUT2D eigenvalue weighted by atomic mass is 10.1. The maximum Gasteiger partial charge on any atom is 0.266 e. The number of carbonyl (C=O) groups is 1. The second-order valence-electron chi connectivity index (χ2n) is 7.67. The summed E-state index contributed by atoms with van der Waals surface area (Å²) in [5.74, 6) is 0.0699. The molecule has 0 aliphatic heterocycles. The molecule has 0 unspecified atom stereocenters. The molecule has 6 heteroatoms. The number of nitriles is 1. The zero-order valence-corrected chi connectivity index (χ0v) is 21.5. The molecule has 4 rings (SSSR count). The summed E-state index contributed by atoms with van der Waals surface area (Å²) in [6.07, 6.45) is 1.54. The molecule has 0 atom stereocenters. The number of halogens is 2. The van der Waals surface area contributed by atoms with Crippen LogP contribution in [0.15, 0.2) is 93.4 Å². The van der Waals surface area contributed by atoms with Crippen molar-refractivity contribution >= 4 is 60.3 Å². The van der Waals surface area contributed by atoms with Crippen LogP contribution in [0.25, 0.3) is 16.8 Å². The van der Waals surface area contributed by atoms with Crippen LogP contribution in [0.4, 0.5) is 5.69 Å². The summed E-state index contributed by atoms with van der Waals surface area (Å²) in [4.78, 5) is 12.8. The molecule has 0 radical (unpaired) electrons. The Morgan fingerprint density at radius 3 is 2.56 bits per heavy atom. The minimum Gasteiger partial charge on any atom is -0.487 e. The Bertz CT molecular complexity index is 1450. The van der Waals surface area contributed by atoms with E-state index in [1.54, 1.807) is 12.1 Å². The van der Waals surface area contributed by atoms with Crippen molar-refractivity contribution in [2.24, 2.45) is 0 Å². The van der Waals surface area contributed by atoms with E-state index >= 15 is 0 Å². The average molecular weight is 576 g/mol. The average Bonchev–Trinajstić information content (AvgIpc) is 2.83. The third kappa shape index (κ3) is 5.39. The molecular formula is C28H20Br2N2O2. The van der Waals surface area contributed by atoms with E-state index in [-0.39, 0.29) is 5.57 Å². The minimum absolute atomic E-state index is 0.0248. The lowest BCUT2D eigenvalue weighted by Gasteiger charge is -2.14. The molecular weight excluding hydrogens is 556 g/mol. The number of nitrogens with one attached hydrogen (secondary N) is 1. The SMILES string of the molecule is Cc1ccccc1NC(=O)/C(C#N)=C/c1cc(Br)cc(Br)c1OCc1cccc2ccccc12. The molecule has 4 nitrogen and oxygen atoms in total. The fourth-order valence-electron chi connectivity index (χ4n) is 3.61. The monoisotopic (exact) mass is 574 g/mol. The van der Waals surface area contributed by atoms with Crippen LogP contribution < -0.4 is 10.1 Å². The van der Waals surface area contributed by atoms with Gasteiger partial charge in [0, 0.05) is 15.7 Å². The van der Waals surface area contributed by atoms with Crippen LogP contribution >= 0.6 is 31.9 Å². The molecule has 0 saturated carbocycles. The highest BCUT2D eigenvalue weighted by molar-refractivity contribution is 9.11. The molecule has 0 spiro atoms. The zero-order chi connectivity index (χ0) is 24.1. The van der Waals surface area contributed by atoms with Crippen molar-refractivity contribution in [1.82, 2.24) is 0 Å². The van der Waals surface area contributed by atoms with Gasteiger partial charge >= 0.3 is 0 Å². The lowest BCUT2D eigenvalue weighted by molar-refractivity contribution is -0.112. The Morgan fingerprint density at radius 1 is 1.03 bits per heavy atom. The van der Waals surface area contributed by atoms with Crippen LogP contribution in [0.5, 0.6) is 5.75 Å². The number of carbonyl (C=O) groups excluding carboxylic acids is 1. The number of amides is 1. The molecule has 168 valence electrons. The molecule has 0 saturated heterocycles. The van der Waals surface area contributed by atoms with Gasteiger partial charge < -0.3 is 10.1 Å². The van der Waals surface area contributed by atoms with Gasteiger partial charge in [-0.2, -0.15) is 5.26 Å². The van der Waals surface area contributed by atoms with E-state index in [2.05, 4.69) is 55.4 Å². The molecule has 0 aromatic heterocycles. The van der Waals surface area contributed by atoms with Gasteiger partial charge in [0.05, 0.1) is 4.47 Å². The van der Waals surface area contributed by atoms with Crippen LogP contribution in [0.1, 0.15) is 16.7 Å². The van der Waals surface area contributed by atoms with E-state index < -0.39 is 5.91 Å². The van der Waals surface area contributed by atoms with Crippen molar-refractivity contribution < 1.29 is 9.53 Å². The van der Waals surface area contributed by atoms with E-state index in [9.17, 15) is 10.1 Å². The highest BCUT2D eigenvalue weighted by atomic mass is 79.9. The van der Waals surface area contributed by atoms with Gasteiger partial charge in [-0.05, 0) is 69.0 Å². The van der Waals surface area contributed by atoms with E-state index in [0.717, 1.165) is 26.4 Å². The molecule has 0 fully saturated rings. The number of benzene rings is 4. The van der Waals surface area contributed by atoms with Crippen LogP contribution in [-0.2, 0) is 11.4 Å². The van der Waals surface area contributed by atoms with Gasteiger partial charge in [0.25, 0.3) is 5.91 Å². The summed E-state index contributed by atoms with van der Waals surface area (Å²) >= 11 is 7.06. The molecule has 0 heterocycles. The predicted molar refractivity (Wildman–Crippen MR) is 144 cm³/mol. The maximum absolute atomic E-state index is 12.8. The summed E-state index contributed by atoms with van der Waals surface area (Å²) in [5.41, 5.74) is 3.20. The van der Waals surface area contributed by atoms with Crippen LogP contribution in [-0.4, -0.2) is 5.91 Å². The van der Waals surface area contributed by atoms with Gasteiger partial charge in [-0.15, -0.1) is 0 Å². The summed E-state index contributed by atoms with van der Waals surface area (Å²) in [5, 5.41) is 14.8. The second-order valence-corrected chi connectivity index (χ2v) is 9.44. The standard InChI is InChI=1S/C28H20Br2N2O2/c1-18-7-2-5-12-26(18)32-28(33)22(16-31)13-21-14-23(29)15-25(30)27(21)34-17-20-10-6-9-19-8-3-4-11-24(19)20/h2-15H,17H2,1H3,(H,32,33)/b22-13+. The van der Waals surface area contributed by atoms with Crippen molar-refractivity contribution in [3.8, 4) is 11.8 Å². The van der Waals surface area contributed by atoms with Crippen LogP contribution in [0, 0.1) is 18.3 Å². The number of anilines is 1. The fourth-order valence-corrected chi connectivity index (χ4v) is 4.99. The first-order chi connectivity index (χ1) is 16.5. The van der Waals surface area contributed by atoms with E-state index in [1.807, 2.05) is 67.6 Å². The van der Waals surface area contributed by atoms with E-state index in [4.69, 9.17) is 4.74 Å². The van der Waals surface area contributed by atoms with Gasteiger partial charge in [0.15, 0.2) is 0 Å². The number of fused-ring (bicyclic) bond motifs is 1. The molecule has 1 N–H and O–H groups in total. The maximum atomic E-state index is 12.8. The summed E-state index contributed by atoms with van der Waals surface area (Å²) < 4.78 is 7.73. The van der Waals surface area contributed by atoms with E-state index in [0.29, 0.717) is 28.1 Å². The van der Waals surface area contributed by atoms with Crippen molar-refractivity contribution in [3.05, 3.63) is 110 Å². The first kappa shape index (κ1) is 23.7. The molecule has 0 aliphatic rings. The lowest BCUT2D eigenvalue weighted by Crippen LogP contribution is -2.14. The number of hydrogen-bond acceptors (Lipinski definition) is 3. The smallest absolute Gasteiger partial charge is 0.266 e. The highest BCUT2D eigenvalue weighted by Gasteiger charge is 2.15.